The molecule has 1 N–H and O–H groups in total. The molecule has 3 rings (SSSR count). The molecule has 2 fully saturated rings. The zero-order chi connectivity index (χ0) is 17.6. The summed E-state index contributed by atoms with van der Waals surface area (Å²) in [6.45, 7) is 2.16. The monoisotopic (exact) mass is 340 g/mol. The van der Waals surface area contributed by atoms with Gasteiger partial charge in [0, 0.05) is 6.08 Å². The van der Waals surface area contributed by atoms with Crippen LogP contribution in [-0.4, -0.2) is 11.1 Å². The molecule has 136 valence electrons. The molecule has 0 aromatic heterocycles. The van der Waals surface area contributed by atoms with Crippen LogP contribution in [0.4, 0.5) is 0 Å². The van der Waals surface area contributed by atoms with Crippen molar-refractivity contribution in [2.45, 2.75) is 70.6 Å². The second-order valence-corrected chi connectivity index (χ2v) is 8.28. The standard InChI is InChI=1S/C23H32O2/c1-17-5-9-19(10-6-17)21-13-15-22(16-14-21)20-11-7-18(8-12-20)3-2-4-23(24)25/h2,4-6,9-10,18,20-22H,3,7-8,11-16H2,1H3,(H,24,25)/b4-2+. The van der Waals surface area contributed by atoms with Gasteiger partial charge in [-0.05, 0) is 93.9 Å². The normalized spacial score (nSPS) is 30.4. The third kappa shape index (κ3) is 5.20. The molecule has 25 heavy (non-hydrogen) atoms. The van der Waals surface area contributed by atoms with E-state index < -0.39 is 5.97 Å². The lowest BCUT2D eigenvalue weighted by molar-refractivity contribution is -0.131. The number of carbonyl (C=O) groups is 1. The third-order valence-corrected chi connectivity index (χ3v) is 6.61. The summed E-state index contributed by atoms with van der Waals surface area (Å²) in [6, 6.07) is 9.16. The van der Waals surface area contributed by atoms with Gasteiger partial charge in [0.2, 0.25) is 0 Å². The van der Waals surface area contributed by atoms with Gasteiger partial charge in [-0.1, -0.05) is 35.9 Å². The average Bonchev–Trinajstić information content (AvgIpc) is 2.63. The van der Waals surface area contributed by atoms with Crippen LogP contribution in [0.25, 0.3) is 0 Å². The van der Waals surface area contributed by atoms with Crippen LogP contribution in [0.1, 0.15) is 74.8 Å². The van der Waals surface area contributed by atoms with Crippen molar-refractivity contribution in [2.75, 3.05) is 0 Å². The van der Waals surface area contributed by atoms with Crippen molar-refractivity contribution in [1.29, 1.82) is 0 Å². The van der Waals surface area contributed by atoms with E-state index in [-0.39, 0.29) is 0 Å². The Bertz CT molecular complexity index is 571. The zero-order valence-electron chi connectivity index (χ0n) is 15.5. The lowest BCUT2D eigenvalue weighted by Crippen LogP contribution is -2.25. The number of hydrogen-bond acceptors (Lipinski definition) is 1. The van der Waals surface area contributed by atoms with E-state index in [9.17, 15) is 4.79 Å². The Morgan fingerprint density at radius 3 is 2.08 bits per heavy atom. The van der Waals surface area contributed by atoms with Crippen molar-refractivity contribution in [3.8, 4) is 0 Å². The highest BCUT2D eigenvalue weighted by molar-refractivity contribution is 5.79. The van der Waals surface area contributed by atoms with Crippen molar-refractivity contribution in [3.05, 3.63) is 47.5 Å². The highest BCUT2D eigenvalue weighted by Gasteiger charge is 2.30. The predicted molar refractivity (Wildman–Crippen MR) is 103 cm³/mol. The van der Waals surface area contributed by atoms with E-state index in [1.54, 1.807) is 0 Å². The fraction of sp³-hybridized carbons (Fsp3) is 0.609. The number of aryl methyl sites for hydroxylation is 1. The molecule has 0 radical (unpaired) electrons. The van der Waals surface area contributed by atoms with Gasteiger partial charge in [0.1, 0.15) is 0 Å². The average molecular weight is 341 g/mol. The topological polar surface area (TPSA) is 37.3 Å². The minimum Gasteiger partial charge on any atom is -0.478 e. The molecule has 0 saturated heterocycles. The number of carboxylic acids is 1. The first kappa shape index (κ1) is 18.2. The predicted octanol–water partition coefficient (Wildman–Crippen LogP) is 6.11. The molecule has 2 saturated carbocycles. The molecule has 0 heterocycles. The number of benzene rings is 1. The van der Waals surface area contributed by atoms with Crippen molar-refractivity contribution < 1.29 is 9.90 Å². The van der Waals surface area contributed by atoms with Gasteiger partial charge in [0.05, 0.1) is 0 Å². The quantitative estimate of drug-likeness (QED) is 0.657. The molecule has 1 aromatic rings. The fourth-order valence-corrected chi connectivity index (χ4v) is 5.02. The summed E-state index contributed by atoms with van der Waals surface area (Å²) in [5.74, 6) is 2.50. The van der Waals surface area contributed by atoms with Crippen LogP contribution in [0.2, 0.25) is 0 Å². The Balaban J connectivity index is 1.42. The summed E-state index contributed by atoms with van der Waals surface area (Å²) < 4.78 is 0. The first-order valence-electron chi connectivity index (χ1n) is 10.1. The van der Waals surface area contributed by atoms with E-state index in [1.807, 2.05) is 6.08 Å². The van der Waals surface area contributed by atoms with E-state index in [0.29, 0.717) is 5.92 Å². The molecule has 2 aliphatic carbocycles. The molecule has 1 aromatic carbocycles. The minimum atomic E-state index is -0.820. The van der Waals surface area contributed by atoms with Gasteiger partial charge >= 0.3 is 5.97 Å². The lowest BCUT2D eigenvalue weighted by Gasteiger charge is -2.38. The maximum atomic E-state index is 10.6. The summed E-state index contributed by atoms with van der Waals surface area (Å²) in [5.41, 5.74) is 2.89. The van der Waals surface area contributed by atoms with E-state index in [1.165, 1.54) is 68.6 Å². The van der Waals surface area contributed by atoms with Gasteiger partial charge in [0.15, 0.2) is 0 Å². The van der Waals surface area contributed by atoms with Crippen molar-refractivity contribution in [1.82, 2.24) is 0 Å². The molecule has 0 atom stereocenters. The van der Waals surface area contributed by atoms with Gasteiger partial charge in [-0.2, -0.15) is 0 Å². The van der Waals surface area contributed by atoms with Gasteiger partial charge in [0.25, 0.3) is 0 Å². The van der Waals surface area contributed by atoms with E-state index in [0.717, 1.165) is 24.2 Å². The highest BCUT2D eigenvalue weighted by Crippen LogP contribution is 2.44. The SMILES string of the molecule is Cc1ccc(C2CCC(C3CCC(C/C=C/C(=O)O)CC3)CC2)cc1. The van der Waals surface area contributed by atoms with Crippen LogP contribution >= 0.6 is 0 Å². The largest absolute Gasteiger partial charge is 0.478 e. The van der Waals surface area contributed by atoms with Crippen molar-refractivity contribution >= 4 is 5.97 Å². The smallest absolute Gasteiger partial charge is 0.327 e. The van der Waals surface area contributed by atoms with Crippen LogP contribution < -0.4 is 0 Å². The van der Waals surface area contributed by atoms with Gasteiger partial charge < -0.3 is 5.11 Å². The molecule has 2 heteroatoms. The Kier molecular flexibility index (Phi) is 6.34. The number of hydrogen-bond donors (Lipinski definition) is 1. The Morgan fingerprint density at radius 1 is 0.960 bits per heavy atom. The van der Waals surface area contributed by atoms with Crippen LogP contribution in [0, 0.1) is 24.7 Å². The van der Waals surface area contributed by atoms with Crippen LogP contribution in [0.15, 0.2) is 36.4 Å². The summed E-state index contributed by atoms with van der Waals surface area (Å²) in [5, 5.41) is 8.69. The van der Waals surface area contributed by atoms with E-state index >= 15 is 0 Å². The number of aliphatic carboxylic acids is 1. The molecular weight excluding hydrogens is 308 g/mol. The molecule has 2 nitrogen and oxygen atoms in total. The first-order valence-corrected chi connectivity index (χ1v) is 10.1. The van der Waals surface area contributed by atoms with Crippen LogP contribution in [0.3, 0.4) is 0 Å². The molecule has 0 spiro atoms. The lowest BCUT2D eigenvalue weighted by atomic mass is 9.68. The number of carboxylic acid groups (broad SMARTS) is 1. The van der Waals surface area contributed by atoms with Crippen molar-refractivity contribution in [2.24, 2.45) is 17.8 Å². The van der Waals surface area contributed by atoms with E-state index in [4.69, 9.17) is 5.11 Å². The van der Waals surface area contributed by atoms with Crippen LogP contribution in [0.5, 0.6) is 0 Å². The van der Waals surface area contributed by atoms with E-state index in [2.05, 4.69) is 31.2 Å². The third-order valence-electron chi connectivity index (χ3n) is 6.61. The fourth-order valence-electron chi connectivity index (χ4n) is 5.02. The summed E-state index contributed by atoms with van der Waals surface area (Å²) >= 11 is 0. The molecule has 0 bridgehead atoms. The summed E-state index contributed by atoms with van der Waals surface area (Å²) in [7, 11) is 0. The Morgan fingerprint density at radius 2 is 1.52 bits per heavy atom. The Labute approximate surface area is 152 Å². The van der Waals surface area contributed by atoms with Crippen molar-refractivity contribution in [3.63, 3.8) is 0 Å². The number of allylic oxidation sites excluding steroid dienone is 1. The molecule has 0 amide bonds. The molecule has 0 unspecified atom stereocenters. The molecule has 0 aliphatic heterocycles. The summed E-state index contributed by atoms with van der Waals surface area (Å²) in [4.78, 5) is 10.6. The molecular formula is C23H32O2. The maximum absolute atomic E-state index is 10.6. The highest BCUT2D eigenvalue weighted by atomic mass is 16.4. The van der Waals surface area contributed by atoms with Gasteiger partial charge in [-0.3, -0.25) is 0 Å². The van der Waals surface area contributed by atoms with Gasteiger partial charge in [-0.25, -0.2) is 4.79 Å². The second-order valence-electron chi connectivity index (χ2n) is 8.28. The maximum Gasteiger partial charge on any atom is 0.327 e. The molecule has 2 aliphatic rings. The van der Waals surface area contributed by atoms with Gasteiger partial charge in [-0.15, -0.1) is 0 Å². The second kappa shape index (κ2) is 8.69. The minimum absolute atomic E-state index is 0.704. The first-order chi connectivity index (χ1) is 12.1. The summed E-state index contributed by atoms with van der Waals surface area (Å²) in [6.07, 6.45) is 14.9. The number of rotatable bonds is 5. The van der Waals surface area contributed by atoms with Crippen LogP contribution in [-0.2, 0) is 4.79 Å². The zero-order valence-corrected chi connectivity index (χ0v) is 15.5. The Hall–Kier alpha value is -1.57.